The minimum absolute atomic E-state index is 0.0758. The number of nitrogens with zero attached hydrogens (tertiary/aromatic N) is 2. The first kappa shape index (κ1) is 13.1. The molecule has 0 N–H and O–H groups in total. The summed E-state index contributed by atoms with van der Waals surface area (Å²) >= 11 is 1.62. The predicted octanol–water partition coefficient (Wildman–Crippen LogP) is 3.53. The Morgan fingerprint density at radius 1 is 1.42 bits per heavy atom. The molecule has 19 heavy (non-hydrogen) atoms. The number of thiazole rings is 1. The van der Waals surface area contributed by atoms with Crippen LogP contribution in [0.5, 0.6) is 0 Å². The van der Waals surface area contributed by atoms with Crippen LogP contribution in [0.4, 0.5) is 5.13 Å². The molecule has 0 aromatic carbocycles. The minimum Gasteiger partial charge on any atom is -0.348 e. The van der Waals surface area contributed by atoms with E-state index in [9.17, 15) is 4.79 Å². The summed E-state index contributed by atoms with van der Waals surface area (Å²) in [4.78, 5) is 20.3. The van der Waals surface area contributed by atoms with Crippen LogP contribution in [0.25, 0.3) is 0 Å². The Bertz CT molecular complexity index is 506. The van der Waals surface area contributed by atoms with E-state index in [4.69, 9.17) is 4.98 Å². The van der Waals surface area contributed by atoms with Gasteiger partial charge in [0.2, 0.25) is 0 Å². The molecule has 0 radical (unpaired) electrons. The third kappa shape index (κ3) is 2.42. The zero-order valence-electron chi connectivity index (χ0n) is 12.0. The number of rotatable bonds is 2. The van der Waals surface area contributed by atoms with Crippen LogP contribution >= 0.6 is 11.3 Å². The first-order valence-electron chi connectivity index (χ1n) is 7.26. The van der Waals surface area contributed by atoms with Gasteiger partial charge in [-0.2, -0.15) is 0 Å². The average molecular weight is 278 g/mol. The predicted molar refractivity (Wildman–Crippen MR) is 79.2 cm³/mol. The van der Waals surface area contributed by atoms with Crippen molar-refractivity contribution in [3.63, 3.8) is 0 Å². The monoisotopic (exact) mass is 278 g/mol. The van der Waals surface area contributed by atoms with Crippen molar-refractivity contribution in [1.29, 1.82) is 0 Å². The van der Waals surface area contributed by atoms with E-state index in [1.165, 1.54) is 12.8 Å². The number of Topliss-reactive ketones (excluding diaryl/α,β-unsaturated/α-hetero) is 1. The molecular weight excluding hydrogens is 256 g/mol. The van der Waals surface area contributed by atoms with Crippen molar-refractivity contribution in [3.8, 4) is 0 Å². The van der Waals surface area contributed by atoms with Gasteiger partial charge in [-0.1, -0.05) is 38.5 Å². The summed E-state index contributed by atoms with van der Waals surface area (Å²) in [7, 11) is 0. The Hall–Kier alpha value is -0.900. The zero-order valence-corrected chi connectivity index (χ0v) is 12.8. The molecule has 1 aromatic rings. The van der Waals surface area contributed by atoms with Gasteiger partial charge in [0.25, 0.3) is 0 Å². The van der Waals surface area contributed by atoms with Gasteiger partial charge in [-0.25, -0.2) is 4.98 Å². The maximum Gasteiger partial charge on any atom is 0.186 e. The number of fused-ring (bicyclic) bond motifs is 1. The van der Waals surface area contributed by atoms with Crippen LogP contribution in [-0.2, 0) is 6.42 Å². The second-order valence-corrected chi connectivity index (χ2v) is 7.70. The lowest BCUT2D eigenvalue weighted by atomic mass is 9.78. The molecule has 0 saturated carbocycles. The molecule has 2 aliphatic rings. The molecular formula is C15H22N2OS. The SMILES string of the molecule is CCC1CCN(c2nc3c(s2)C(=O)CC(C)(C)C3)C1. The summed E-state index contributed by atoms with van der Waals surface area (Å²) < 4.78 is 0. The number of hydrogen-bond acceptors (Lipinski definition) is 4. The molecule has 0 spiro atoms. The van der Waals surface area contributed by atoms with Crippen molar-refractivity contribution in [2.75, 3.05) is 18.0 Å². The largest absolute Gasteiger partial charge is 0.348 e. The highest BCUT2D eigenvalue weighted by Crippen LogP contribution is 2.40. The van der Waals surface area contributed by atoms with E-state index in [2.05, 4.69) is 25.7 Å². The lowest BCUT2D eigenvalue weighted by Gasteiger charge is -2.26. The maximum absolute atomic E-state index is 12.2. The molecule has 2 heterocycles. The third-order valence-electron chi connectivity index (χ3n) is 4.36. The standard InChI is InChI=1S/C15H22N2OS/c1-4-10-5-6-17(9-10)14-16-11-7-15(2,3)8-12(18)13(11)19-14/h10H,4-9H2,1-3H3. The smallest absolute Gasteiger partial charge is 0.186 e. The Kier molecular flexibility index (Phi) is 3.16. The van der Waals surface area contributed by atoms with E-state index < -0.39 is 0 Å². The summed E-state index contributed by atoms with van der Waals surface area (Å²) in [6.07, 6.45) is 4.11. The minimum atomic E-state index is 0.0758. The molecule has 4 heteroatoms. The normalized spacial score (nSPS) is 25.7. The maximum atomic E-state index is 12.2. The number of aromatic nitrogens is 1. The Labute approximate surface area is 119 Å². The molecule has 104 valence electrons. The Morgan fingerprint density at radius 2 is 2.21 bits per heavy atom. The molecule has 3 rings (SSSR count). The van der Waals surface area contributed by atoms with Crippen molar-refractivity contribution in [3.05, 3.63) is 10.6 Å². The molecule has 0 bridgehead atoms. The second kappa shape index (κ2) is 4.58. The highest BCUT2D eigenvalue weighted by Gasteiger charge is 2.35. The van der Waals surface area contributed by atoms with E-state index in [0.717, 1.165) is 41.1 Å². The molecule has 1 aromatic heterocycles. The molecule has 1 atom stereocenters. The Morgan fingerprint density at radius 3 is 2.89 bits per heavy atom. The fourth-order valence-electron chi connectivity index (χ4n) is 3.18. The second-order valence-electron chi connectivity index (χ2n) is 6.72. The first-order chi connectivity index (χ1) is 8.98. The molecule has 1 fully saturated rings. The van der Waals surface area contributed by atoms with Gasteiger partial charge in [0, 0.05) is 19.5 Å². The molecule has 1 aliphatic carbocycles. The van der Waals surface area contributed by atoms with Gasteiger partial charge >= 0.3 is 0 Å². The average Bonchev–Trinajstić information content (AvgIpc) is 2.92. The van der Waals surface area contributed by atoms with Crippen LogP contribution in [0.2, 0.25) is 0 Å². The lowest BCUT2D eigenvalue weighted by molar-refractivity contribution is 0.0916. The molecule has 1 aliphatic heterocycles. The van der Waals surface area contributed by atoms with E-state index in [1.54, 1.807) is 11.3 Å². The van der Waals surface area contributed by atoms with Crippen LogP contribution in [0.3, 0.4) is 0 Å². The van der Waals surface area contributed by atoms with Crippen molar-refractivity contribution >= 4 is 22.3 Å². The van der Waals surface area contributed by atoms with E-state index in [1.807, 2.05) is 0 Å². The quantitative estimate of drug-likeness (QED) is 0.829. The molecule has 3 nitrogen and oxygen atoms in total. The van der Waals surface area contributed by atoms with Gasteiger partial charge in [0.05, 0.1) is 10.6 Å². The molecule has 1 saturated heterocycles. The summed E-state index contributed by atoms with van der Waals surface area (Å²) in [6, 6.07) is 0. The van der Waals surface area contributed by atoms with E-state index >= 15 is 0 Å². The van der Waals surface area contributed by atoms with Crippen molar-refractivity contribution in [2.45, 2.75) is 46.5 Å². The number of carbonyl (C=O) groups is 1. The highest BCUT2D eigenvalue weighted by atomic mass is 32.1. The van der Waals surface area contributed by atoms with Gasteiger partial charge in [-0.15, -0.1) is 0 Å². The summed E-state index contributed by atoms with van der Waals surface area (Å²) in [5.74, 6) is 1.09. The van der Waals surface area contributed by atoms with E-state index in [-0.39, 0.29) is 5.41 Å². The van der Waals surface area contributed by atoms with Gasteiger partial charge in [-0.05, 0) is 24.2 Å². The van der Waals surface area contributed by atoms with Crippen molar-refractivity contribution in [2.24, 2.45) is 11.3 Å². The van der Waals surface area contributed by atoms with Crippen LogP contribution < -0.4 is 4.90 Å². The van der Waals surface area contributed by atoms with Crippen LogP contribution in [0.1, 0.15) is 55.4 Å². The van der Waals surface area contributed by atoms with Crippen molar-refractivity contribution in [1.82, 2.24) is 4.98 Å². The Balaban J connectivity index is 1.85. The lowest BCUT2D eigenvalue weighted by Crippen LogP contribution is -2.26. The number of ketones is 1. The number of carbonyl (C=O) groups excluding carboxylic acids is 1. The number of hydrogen-bond donors (Lipinski definition) is 0. The molecule has 1 unspecified atom stereocenters. The summed E-state index contributed by atoms with van der Waals surface area (Å²) in [5.41, 5.74) is 1.12. The zero-order chi connectivity index (χ0) is 13.6. The number of anilines is 1. The van der Waals surface area contributed by atoms with Crippen molar-refractivity contribution < 1.29 is 4.79 Å². The first-order valence-corrected chi connectivity index (χ1v) is 8.08. The van der Waals surface area contributed by atoms with Crippen LogP contribution in [0.15, 0.2) is 0 Å². The summed E-state index contributed by atoms with van der Waals surface area (Å²) in [6.45, 7) is 8.79. The van der Waals surface area contributed by atoms with Crippen LogP contribution in [-0.4, -0.2) is 23.9 Å². The third-order valence-corrected chi connectivity index (χ3v) is 5.56. The van der Waals surface area contributed by atoms with Gasteiger partial charge in [0.1, 0.15) is 0 Å². The molecule has 0 amide bonds. The fraction of sp³-hybridized carbons (Fsp3) is 0.733. The van der Waals surface area contributed by atoms with Gasteiger partial charge in [-0.3, -0.25) is 4.79 Å². The van der Waals surface area contributed by atoms with Gasteiger partial charge in [0.15, 0.2) is 10.9 Å². The summed E-state index contributed by atoms with van der Waals surface area (Å²) in [5, 5.41) is 1.08. The fourth-order valence-corrected chi connectivity index (χ4v) is 4.24. The highest BCUT2D eigenvalue weighted by molar-refractivity contribution is 7.17. The topological polar surface area (TPSA) is 33.2 Å². The van der Waals surface area contributed by atoms with Crippen LogP contribution in [0, 0.1) is 11.3 Å². The van der Waals surface area contributed by atoms with E-state index in [0.29, 0.717) is 12.2 Å². The van der Waals surface area contributed by atoms with Gasteiger partial charge < -0.3 is 4.90 Å².